The molecule has 0 heterocycles. The predicted molar refractivity (Wildman–Crippen MR) is 77.8 cm³/mol. The third-order valence-corrected chi connectivity index (χ3v) is 5.53. The monoisotopic (exact) mass is 303 g/mol. The zero-order chi connectivity index (χ0) is 15.6. The lowest BCUT2D eigenvalue weighted by Gasteiger charge is -2.30. The summed E-state index contributed by atoms with van der Waals surface area (Å²) in [5.74, 6) is -0.354. The van der Waals surface area contributed by atoms with Crippen molar-refractivity contribution >= 4 is 9.84 Å². The van der Waals surface area contributed by atoms with Crippen molar-refractivity contribution in [2.75, 3.05) is 26.4 Å². The summed E-state index contributed by atoms with van der Waals surface area (Å²) < 4.78 is 35.2. The highest BCUT2D eigenvalue weighted by molar-refractivity contribution is 7.92. The van der Waals surface area contributed by atoms with Gasteiger partial charge in [0, 0.05) is 19.3 Å². The van der Waals surface area contributed by atoms with E-state index in [1.165, 1.54) is 30.5 Å². The average molecular weight is 303 g/mol. The molecule has 6 heteroatoms. The number of benzene rings is 1. The van der Waals surface area contributed by atoms with Crippen molar-refractivity contribution in [3.63, 3.8) is 0 Å². The maximum absolute atomic E-state index is 12.8. The van der Waals surface area contributed by atoms with Crippen LogP contribution in [0.5, 0.6) is 0 Å². The van der Waals surface area contributed by atoms with E-state index in [0.29, 0.717) is 12.1 Å². The van der Waals surface area contributed by atoms with E-state index in [4.69, 9.17) is 0 Å². The van der Waals surface area contributed by atoms with Gasteiger partial charge < -0.3 is 10.0 Å². The van der Waals surface area contributed by atoms with Gasteiger partial charge in [0.15, 0.2) is 9.84 Å². The van der Waals surface area contributed by atoms with Crippen LogP contribution in [0.2, 0.25) is 0 Å². The van der Waals surface area contributed by atoms with Crippen molar-refractivity contribution in [2.24, 2.45) is 0 Å². The molecule has 1 aromatic carbocycles. The summed E-state index contributed by atoms with van der Waals surface area (Å²) in [4.78, 5) is 1.76. The minimum absolute atomic E-state index is 0.282. The van der Waals surface area contributed by atoms with Gasteiger partial charge in [-0.1, -0.05) is 12.1 Å². The molecule has 0 fully saturated rings. The summed E-state index contributed by atoms with van der Waals surface area (Å²) in [6.07, 6.45) is 0.424. The van der Waals surface area contributed by atoms with Crippen molar-refractivity contribution in [2.45, 2.75) is 24.7 Å². The van der Waals surface area contributed by atoms with Gasteiger partial charge in [-0.05, 0) is 38.6 Å². The van der Waals surface area contributed by atoms with E-state index in [9.17, 15) is 17.9 Å². The molecule has 1 unspecified atom stereocenters. The van der Waals surface area contributed by atoms with Crippen LogP contribution in [0.4, 0.5) is 4.39 Å². The Morgan fingerprint density at radius 3 is 2.25 bits per heavy atom. The van der Waals surface area contributed by atoms with Crippen LogP contribution in [0.15, 0.2) is 24.3 Å². The molecule has 0 amide bonds. The number of hydrogen-bond donors (Lipinski definition) is 1. The first kappa shape index (κ1) is 17.1. The molecule has 1 N–H and O–H groups in total. The van der Waals surface area contributed by atoms with Crippen molar-refractivity contribution in [3.05, 3.63) is 35.6 Å². The number of nitrogens with zero attached hydrogens (tertiary/aromatic N) is 1. The standard InChI is InChI=1S/C14H22FNO3S/c1-14(2,20(4,18)19)10-16(3)9-13(17)11-5-7-12(15)8-6-11/h5-8,13,17H,9-10H2,1-4H3. The first-order valence-electron chi connectivity index (χ1n) is 6.34. The molecule has 0 aliphatic carbocycles. The normalized spacial score (nSPS) is 14.6. The SMILES string of the molecule is CN(CC(O)c1ccc(F)cc1)CC(C)(C)S(C)(=O)=O. The summed E-state index contributed by atoms with van der Waals surface area (Å²) >= 11 is 0. The van der Waals surface area contributed by atoms with Crippen LogP contribution in [0.3, 0.4) is 0 Å². The number of sulfone groups is 1. The number of rotatable bonds is 6. The molecule has 4 nitrogen and oxygen atoms in total. The molecule has 0 aliphatic heterocycles. The van der Waals surface area contributed by atoms with Crippen LogP contribution in [0.1, 0.15) is 25.5 Å². The highest BCUT2D eigenvalue weighted by atomic mass is 32.2. The van der Waals surface area contributed by atoms with Gasteiger partial charge in [0.1, 0.15) is 5.82 Å². The fourth-order valence-electron chi connectivity index (χ4n) is 1.92. The molecule has 0 saturated carbocycles. The van der Waals surface area contributed by atoms with E-state index in [0.717, 1.165) is 0 Å². The van der Waals surface area contributed by atoms with Gasteiger partial charge in [0.05, 0.1) is 10.9 Å². The molecule has 1 rings (SSSR count). The van der Waals surface area contributed by atoms with Crippen LogP contribution in [-0.2, 0) is 9.84 Å². The molecule has 0 bridgehead atoms. The van der Waals surface area contributed by atoms with E-state index in [1.54, 1.807) is 25.8 Å². The molecule has 0 spiro atoms. The first-order chi connectivity index (χ1) is 9.03. The van der Waals surface area contributed by atoms with Crippen LogP contribution < -0.4 is 0 Å². The summed E-state index contributed by atoms with van der Waals surface area (Å²) in [6.45, 7) is 3.90. The molecular weight excluding hydrogens is 281 g/mol. The van der Waals surface area contributed by atoms with Gasteiger partial charge in [-0.2, -0.15) is 0 Å². The zero-order valence-electron chi connectivity index (χ0n) is 12.3. The second-order valence-electron chi connectivity index (χ2n) is 5.80. The lowest BCUT2D eigenvalue weighted by Crippen LogP contribution is -2.43. The van der Waals surface area contributed by atoms with E-state index in [-0.39, 0.29) is 12.4 Å². The topological polar surface area (TPSA) is 57.6 Å². The lowest BCUT2D eigenvalue weighted by atomic mass is 10.1. The minimum atomic E-state index is -3.18. The van der Waals surface area contributed by atoms with Crippen LogP contribution in [0.25, 0.3) is 0 Å². The molecule has 0 aliphatic rings. The van der Waals surface area contributed by atoms with Crippen molar-refractivity contribution < 1.29 is 17.9 Å². The number of likely N-dealkylation sites (N-methyl/N-ethyl adjacent to an activating group) is 1. The van der Waals surface area contributed by atoms with Crippen molar-refractivity contribution in [3.8, 4) is 0 Å². The summed E-state index contributed by atoms with van der Waals surface area (Å²) in [7, 11) is -1.43. The van der Waals surface area contributed by atoms with E-state index < -0.39 is 20.7 Å². The van der Waals surface area contributed by atoms with Crippen LogP contribution >= 0.6 is 0 Å². The smallest absolute Gasteiger partial charge is 0.153 e. The van der Waals surface area contributed by atoms with Gasteiger partial charge >= 0.3 is 0 Å². The molecule has 114 valence electrons. The fraction of sp³-hybridized carbons (Fsp3) is 0.571. The largest absolute Gasteiger partial charge is 0.387 e. The summed E-state index contributed by atoms with van der Waals surface area (Å²) in [5, 5.41) is 10.1. The Bertz CT molecular complexity index is 540. The highest BCUT2D eigenvalue weighted by Gasteiger charge is 2.31. The highest BCUT2D eigenvalue weighted by Crippen LogP contribution is 2.19. The Morgan fingerprint density at radius 2 is 1.80 bits per heavy atom. The Morgan fingerprint density at radius 1 is 1.30 bits per heavy atom. The second kappa shape index (κ2) is 6.20. The van der Waals surface area contributed by atoms with Gasteiger partial charge in [-0.25, -0.2) is 12.8 Å². The quantitative estimate of drug-likeness (QED) is 0.867. The average Bonchev–Trinajstić information content (AvgIpc) is 2.27. The first-order valence-corrected chi connectivity index (χ1v) is 8.24. The van der Waals surface area contributed by atoms with Crippen molar-refractivity contribution in [1.29, 1.82) is 0 Å². The Kier molecular flexibility index (Phi) is 5.29. The molecule has 0 aromatic heterocycles. The summed E-state index contributed by atoms with van der Waals surface area (Å²) in [6, 6.07) is 5.63. The van der Waals surface area contributed by atoms with E-state index >= 15 is 0 Å². The minimum Gasteiger partial charge on any atom is -0.387 e. The Hall–Kier alpha value is -0.980. The fourth-order valence-corrected chi connectivity index (χ4v) is 2.37. The maximum Gasteiger partial charge on any atom is 0.153 e. The number of aliphatic hydroxyl groups excluding tert-OH is 1. The molecule has 20 heavy (non-hydrogen) atoms. The third kappa shape index (κ3) is 4.54. The van der Waals surface area contributed by atoms with Gasteiger partial charge in [0.25, 0.3) is 0 Å². The predicted octanol–water partition coefficient (Wildman–Crippen LogP) is 1.61. The van der Waals surface area contributed by atoms with Gasteiger partial charge in [0.2, 0.25) is 0 Å². The van der Waals surface area contributed by atoms with Crippen LogP contribution in [-0.4, -0.2) is 49.6 Å². The molecule has 0 radical (unpaired) electrons. The van der Waals surface area contributed by atoms with Crippen LogP contribution in [0, 0.1) is 5.82 Å². The van der Waals surface area contributed by atoms with Gasteiger partial charge in [-0.3, -0.25) is 0 Å². The molecule has 1 aromatic rings. The number of aliphatic hydroxyl groups is 1. The number of halogens is 1. The third-order valence-electron chi connectivity index (χ3n) is 3.39. The van der Waals surface area contributed by atoms with Crippen molar-refractivity contribution in [1.82, 2.24) is 4.90 Å². The molecular formula is C14H22FNO3S. The molecule has 1 atom stereocenters. The second-order valence-corrected chi connectivity index (χ2v) is 8.45. The summed E-state index contributed by atoms with van der Waals surface area (Å²) in [5.41, 5.74) is 0.607. The zero-order valence-corrected chi connectivity index (χ0v) is 13.1. The maximum atomic E-state index is 12.8. The Balaban J connectivity index is 2.67. The van der Waals surface area contributed by atoms with Gasteiger partial charge in [-0.15, -0.1) is 0 Å². The van der Waals surface area contributed by atoms with E-state index in [2.05, 4.69) is 0 Å². The number of hydrogen-bond acceptors (Lipinski definition) is 4. The lowest BCUT2D eigenvalue weighted by molar-refractivity contribution is 0.123. The molecule has 0 saturated heterocycles. The Labute approximate surface area is 120 Å². The van der Waals surface area contributed by atoms with E-state index in [1.807, 2.05) is 0 Å².